The van der Waals surface area contributed by atoms with Gasteiger partial charge in [-0.25, -0.2) is 0 Å². The Kier molecular flexibility index (Phi) is 1.85. The van der Waals surface area contributed by atoms with Gasteiger partial charge in [0.2, 0.25) is 0 Å². The van der Waals surface area contributed by atoms with E-state index in [4.69, 9.17) is 0 Å². The van der Waals surface area contributed by atoms with Crippen molar-refractivity contribution in [2.24, 2.45) is 0 Å². The van der Waals surface area contributed by atoms with Crippen LogP contribution >= 0.6 is 0 Å². The van der Waals surface area contributed by atoms with Gasteiger partial charge in [-0.05, 0) is 18.4 Å². The molecule has 0 saturated carbocycles. The highest BCUT2D eigenvalue weighted by molar-refractivity contribution is 5.28. The molecule has 2 heteroatoms. The maximum atomic E-state index is 3.76. The van der Waals surface area contributed by atoms with E-state index >= 15 is 0 Å². The van der Waals surface area contributed by atoms with Gasteiger partial charge in [0.25, 0.3) is 0 Å². The van der Waals surface area contributed by atoms with Crippen LogP contribution in [0.4, 0.5) is 0 Å². The van der Waals surface area contributed by atoms with Crippen LogP contribution in [0, 0.1) is 0 Å². The second-order valence-electron chi connectivity index (χ2n) is 4.46. The lowest BCUT2D eigenvalue weighted by atomic mass is 9.88. The topological polar surface area (TPSA) is 24.1 Å². The minimum absolute atomic E-state index is 0.226. The van der Waals surface area contributed by atoms with Gasteiger partial charge in [-0.2, -0.15) is 0 Å². The Balaban J connectivity index is 1.97. The van der Waals surface area contributed by atoms with Crippen molar-refractivity contribution < 1.29 is 0 Å². The van der Waals surface area contributed by atoms with Gasteiger partial charge in [0.05, 0.1) is 5.54 Å². The average Bonchev–Trinajstić information content (AvgIpc) is 2.57. The molecule has 2 aliphatic heterocycles. The van der Waals surface area contributed by atoms with E-state index in [0.717, 1.165) is 13.1 Å². The summed E-state index contributed by atoms with van der Waals surface area (Å²) in [5.74, 6) is 0. The van der Waals surface area contributed by atoms with Crippen molar-refractivity contribution in [1.29, 1.82) is 0 Å². The number of fused-ring (bicyclic) bond motifs is 2. The SMILES string of the molecule is c1ccc(C23CCC(CNC2)N3)cc1. The molecule has 2 unspecified atom stereocenters. The Morgan fingerprint density at radius 1 is 1.21 bits per heavy atom. The Morgan fingerprint density at radius 2 is 2.07 bits per heavy atom. The first kappa shape index (κ1) is 8.45. The minimum atomic E-state index is 0.226. The molecule has 2 fully saturated rings. The van der Waals surface area contributed by atoms with E-state index < -0.39 is 0 Å². The Bertz CT molecular complexity index is 318. The number of hydrogen-bond acceptors (Lipinski definition) is 2. The van der Waals surface area contributed by atoms with Crippen LogP contribution in [0.2, 0.25) is 0 Å². The summed E-state index contributed by atoms with van der Waals surface area (Å²) in [6.07, 6.45) is 2.58. The molecule has 1 aromatic rings. The van der Waals surface area contributed by atoms with Crippen LogP contribution in [0.5, 0.6) is 0 Å². The third-order valence-corrected chi connectivity index (χ3v) is 3.54. The fourth-order valence-corrected chi connectivity index (χ4v) is 2.79. The highest BCUT2D eigenvalue weighted by Crippen LogP contribution is 2.34. The first-order chi connectivity index (χ1) is 6.89. The number of nitrogens with one attached hydrogen (secondary N) is 2. The minimum Gasteiger partial charge on any atom is -0.313 e. The van der Waals surface area contributed by atoms with E-state index in [0.29, 0.717) is 6.04 Å². The monoisotopic (exact) mass is 188 g/mol. The molecule has 3 rings (SSSR count). The summed E-state index contributed by atoms with van der Waals surface area (Å²) < 4.78 is 0. The van der Waals surface area contributed by atoms with Crippen LogP contribution in [0.3, 0.4) is 0 Å². The highest BCUT2D eigenvalue weighted by Gasteiger charge is 2.42. The molecule has 0 spiro atoms. The maximum absolute atomic E-state index is 3.76. The van der Waals surface area contributed by atoms with Crippen molar-refractivity contribution in [3.63, 3.8) is 0 Å². The van der Waals surface area contributed by atoms with Crippen molar-refractivity contribution in [3.8, 4) is 0 Å². The van der Waals surface area contributed by atoms with Crippen LogP contribution in [-0.4, -0.2) is 19.1 Å². The molecule has 74 valence electrons. The van der Waals surface area contributed by atoms with E-state index in [1.165, 1.54) is 18.4 Å². The molecule has 0 aromatic heterocycles. The Labute approximate surface area is 84.7 Å². The number of piperazine rings is 1. The number of rotatable bonds is 1. The molecule has 2 aliphatic rings. The smallest absolute Gasteiger partial charge is 0.0564 e. The molecule has 0 amide bonds. The molecule has 1 aromatic carbocycles. The molecule has 2 N–H and O–H groups in total. The summed E-state index contributed by atoms with van der Waals surface area (Å²) in [5.41, 5.74) is 1.67. The summed E-state index contributed by atoms with van der Waals surface area (Å²) in [6, 6.07) is 11.5. The summed E-state index contributed by atoms with van der Waals surface area (Å²) in [5, 5.41) is 7.28. The Hall–Kier alpha value is -0.860. The molecule has 2 bridgehead atoms. The van der Waals surface area contributed by atoms with Crippen LogP contribution in [0.15, 0.2) is 30.3 Å². The van der Waals surface area contributed by atoms with Gasteiger partial charge in [0, 0.05) is 19.1 Å². The van der Waals surface area contributed by atoms with Crippen molar-refractivity contribution in [3.05, 3.63) is 35.9 Å². The molecule has 2 heterocycles. The summed E-state index contributed by atoms with van der Waals surface area (Å²) in [4.78, 5) is 0. The zero-order valence-corrected chi connectivity index (χ0v) is 8.29. The average molecular weight is 188 g/mol. The highest BCUT2D eigenvalue weighted by atomic mass is 15.2. The van der Waals surface area contributed by atoms with Crippen molar-refractivity contribution in [2.75, 3.05) is 13.1 Å². The third kappa shape index (κ3) is 1.18. The first-order valence-corrected chi connectivity index (χ1v) is 5.43. The molecule has 2 saturated heterocycles. The van der Waals surface area contributed by atoms with E-state index in [2.05, 4.69) is 41.0 Å². The van der Waals surface area contributed by atoms with Crippen LogP contribution in [-0.2, 0) is 5.54 Å². The van der Waals surface area contributed by atoms with Crippen molar-refractivity contribution in [2.45, 2.75) is 24.4 Å². The van der Waals surface area contributed by atoms with Crippen LogP contribution in [0.1, 0.15) is 18.4 Å². The van der Waals surface area contributed by atoms with Gasteiger partial charge in [-0.3, -0.25) is 0 Å². The molecule has 2 nitrogen and oxygen atoms in total. The molecule has 2 atom stereocenters. The predicted octanol–water partition coefficient (Wildman–Crippen LogP) is 1.24. The lowest BCUT2D eigenvalue weighted by molar-refractivity contribution is 0.300. The van der Waals surface area contributed by atoms with E-state index in [1.54, 1.807) is 0 Å². The van der Waals surface area contributed by atoms with Gasteiger partial charge in [0.15, 0.2) is 0 Å². The fourth-order valence-electron chi connectivity index (χ4n) is 2.79. The van der Waals surface area contributed by atoms with Crippen LogP contribution < -0.4 is 10.6 Å². The lowest BCUT2D eigenvalue weighted by Crippen LogP contribution is -2.55. The number of benzene rings is 1. The van der Waals surface area contributed by atoms with Gasteiger partial charge in [-0.15, -0.1) is 0 Å². The second-order valence-corrected chi connectivity index (χ2v) is 4.46. The van der Waals surface area contributed by atoms with Crippen LogP contribution in [0.25, 0.3) is 0 Å². The standard InChI is InChI=1S/C12H16N2/c1-2-4-10(5-3-1)12-7-6-11(14-12)8-13-9-12/h1-5,11,13-14H,6-9H2. The van der Waals surface area contributed by atoms with Crippen molar-refractivity contribution >= 4 is 0 Å². The van der Waals surface area contributed by atoms with E-state index in [1.807, 2.05) is 0 Å². The third-order valence-electron chi connectivity index (χ3n) is 3.54. The molecule has 14 heavy (non-hydrogen) atoms. The fraction of sp³-hybridized carbons (Fsp3) is 0.500. The van der Waals surface area contributed by atoms with Gasteiger partial charge in [0.1, 0.15) is 0 Å². The quantitative estimate of drug-likeness (QED) is 0.693. The van der Waals surface area contributed by atoms with Gasteiger partial charge >= 0.3 is 0 Å². The normalized spacial score (nSPS) is 35.9. The zero-order chi connectivity index (χ0) is 9.43. The molecular formula is C12H16N2. The van der Waals surface area contributed by atoms with E-state index in [9.17, 15) is 0 Å². The predicted molar refractivity (Wildman–Crippen MR) is 57.1 cm³/mol. The Morgan fingerprint density at radius 3 is 2.93 bits per heavy atom. The summed E-state index contributed by atoms with van der Waals surface area (Å²) in [7, 11) is 0. The maximum Gasteiger partial charge on any atom is 0.0564 e. The first-order valence-electron chi connectivity index (χ1n) is 5.43. The van der Waals surface area contributed by atoms with E-state index in [-0.39, 0.29) is 5.54 Å². The molecular weight excluding hydrogens is 172 g/mol. The summed E-state index contributed by atoms with van der Waals surface area (Å²) >= 11 is 0. The zero-order valence-electron chi connectivity index (χ0n) is 8.29. The number of hydrogen-bond donors (Lipinski definition) is 2. The molecule has 0 radical (unpaired) electrons. The lowest BCUT2D eigenvalue weighted by Gasteiger charge is -2.35. The van der Waals surface area contributed by atoms with Crippen molar-refractivity contribution in [1.82, 2.24) is 10.6 Å². The largest absolute Gasteiger partial charge is 0.313 e. The van der Waals surface area contributed by atoms with Gasteiger partial charge in [-0.1, -0.05) is 30.3 Å². The summed E-state index contributed by atoms with van der Waals surface area (Å²) in [6.45, 7) is 2.21. The van der Waals surface area contributed by atoms with Gasteiger partial charge < -0.3 is 10.6 Å². The molecule has 0 aliphatic carbocycles. The second kappa shape index (κ2) is 3.07.